The Hall–Kier alpha value is -1.28. The predicted molar refractivity (Wildman–Crippen MR) is 65.0 cm³/mol. The van der Waals surface area contributed by atoms with Gasteiger partial charge in [-0.05, 0) is 25.5 Å². The fourth-order valence-corrected chi connectivity index (χ4v) is 1.85. The number of aromatic amines is 1. The summed E-state index contributed by atoms with van der Waals surface area (Å²) in [7, 11) is 0. The Bertz CT molecular complexity index is 463. The Morgan fingerprint density at radius 3 is 2.60 bits per heavy atom. The van der Waals surface area contributed by atoms with Crippen molar-refractivity contribution in [3.8, 4) is 0 Å². The Labute approximate surface area is 90.5 Å². The van der Waals surface area contributed by atoms with E-state index in [1.807, 2.05) is 6.07 Å². The fraction of sp³-hybridized carbons (Fsp3) is 0.385. The summed E-state index contributed by atoms with van der Waals surface area (Å²) >= 11 is 0. The number of hydrogen-bond acceptors (Lipinski definition) is 1. The molecule has 2 nitrogen and oxygen atoms in total. The Balaban J connectivity index is 2.53. The molecule has 0 fully saturated rings. The zero-order valence-corrected chi connectivity index (χ0v) is 9.54. The van der Waals surface area contributed by atoms with Crippen LogP contribution in [0.1, 0.15) is 32.3 Å². The molecular weight excluding hydrogens is 184 g/mol. The maximum Gasteiger partial charge on any atom is 0.0456 e. The molecule has 15 heavy (non-hydrogen) atoms. The molecule has 3 N–H and O–H groups in total. The number of nitrogens with one attached hydrogen (secondary N) is 1. The van der Waals surface area contributed by atoms with Crippen molar-refractivity contribution >= 4 is 10.9 Å². The summed E-state index contributed by atoms with van der Waals surface area (Å²) in [5.74, 6) is 0.341. The van der Waals surface area contributed by atoms with Gasteiger partial charge in [0.05, 0.1) is 0 Å². The molecular formula is C13H18N2. The quantitative estimate of drug-likeness (QED) is 0.772. The molecule has 80 valence electrons. The molecule has 2 aromatic rings. The minimum Gasteiger partial charge on any atom is -0.361 e. The molecule has 1 heterocycles. The van der Waals surface area contributed by atoms with Crippen molar-refractivity contribution in [3.63, 3.8) is 0 Å². The van der Waals surface area contributed by atoms with Crippen LogP contribution in [0.5, 0.6) is 0 Å². The Kier molecular flexibility index (Phi) is 2.31. The SMILES string of the molecule is CC(c1c[nH]c2ccccc12)C(C)(C)N. The second-order valence-electron chi connectivity index (χ2n) is 4.83. The monoisotopic (exact) mass is 202 g/mol. The summed E-state index contributed by atoms with van der Waals surface area (Å²) in [5, 5.41) is 1.28. The fourth-order valence-electron chi connectivity index (χ4n) is 1.85. The van der Waals surface area contributed by atoms with Gasteiger partial charge in [-0.1, -0.05) is 25.1 Å². The van der Waals surface area contributed by atoms with Crippen LogP contribution >= 0.6 is 0 Å². The van der Waals surface area contributed by atoms with E-state index in [4.69, 9.17) is 5.73 Å². The molecule has 0 spiro atoms. The van der Waals surface area contributed by atoms with Crippen molar-refractivity contribution < 1.29 is 0 Å². The van der Waals surface area contributed by atoms with Crippen molar-refractivity contribution in [1.82, 2.24) is 4.98 Å². The summed E-state index contributed by atoms with van der Waals surface area (Å²) in [6.07, 6.45) is 2.07. The maximum absolute atomic E-state index is 6.15. The molecule has 1 unspecified atom stereocenters. The highest BCUT2D eigenvalue weighted by molar-refractivity contribution is 5.83. The van der Waals surface area contributed by atoms with Crippen LogP contribution in [-0.2, 0) is 0 Å². The van der Waals surface area contributed by atoms with Crippen LogP contribution in [-0.4, -0.2) is 10.5 Å². The molecule has 0 bridgehead atoms. The highest BCUT2D eigenvalue weighted by atomic mass is 14.7. The third kappa shape index (κ3) is 1.77. The van der Waals surface area contributed by atoms with E-state index in [-0.39, 0.29) is 5.54 Å². The average molecular weight is 202 g/mol. The summed E-state index contributed by atoms with van der Waals surface area (Å²) in [6.45, 7) is 6.31. The number of aromatic nitrogens is 1. The van der Waals surface area contributed by atoms with E-state index in [1.165, 1.54) is 16.5 Å². The highest BCUT2D eigenvalue weighted by Gasteiger charge is 2.24. The second-order valence-corrected chi connectivity index (χ2v) is 4.83. The van der Waals surface area contributed by atoms with Gasteiger partial charge in [0.2, 0.25) is 0 Å². The summed E-state index contributed by atoms with van der Waals surface area (Å²) in [4.78, 5) is 3.29. The van der Waals surface area contributed by atoms with E-state index in [1.54, 1.807) is 0 Å². The van der Waals surface area contributed by atoms with Crippen LogP contribution in [0, 0.1) is 0 Å². The van der Waals surface area contributed by atoms with Crippen LogP contribution in [0.2, 0.25) is 0 Å². The standard InChI is InChI=1S/C13H18N2/c1-9(13(2,3)14)11-8-15-12-7-5-4-6-10(11)12/h4-9,15H,14H2,1-3H3. The largest absolute Gasteiger partial charge is 0.361 e. The van der Waals surface area contributed by atoms with Gasteiger partial charge >= 0.3 is 0 Å². The summed E-state index contributed by atoms with van der Waals surface area (Å²) in [6, 6.07) is 8.34. The van der Waals surface area contributed by atoms with Gasteiger partial charge < -0.3 is 10.7 Å². The average Bonchev–Trinajstić information content (AvgIpc) is 2.58. The van der Waals surface area contributed by atoms with Gasteiger partial charge in [-0.2, -0.15) is 0 Å². The predicted octanol–water partition coefficient (Wildman–Crippen LogP) is 3.01. The van der Waals surface area contributed by atoms with Crippen LogP contribution in [0.3, 0.4) is 0 Å². The van der Waals surface area contributed by atoms with Crippen LogP contribution in [0.25, 0.3) is 10.9 Å². The van der Waals surface area contributed by atoms with Crippen molar-refractivity contribution in [2.45, 2.75) is 32.2 Å². The zero-order chi connectivity index (χ0) is 11.1. The number of H-pyrrole nitrogens is 1. The molecule has 0 aliphatic carbocycles. The van der Waals surface area contributed by atoms with Crippen molar-refractivity contribution in [1.29, 1.82) is 0 Å². The van der Waals surface area contributed by atoms with Gasteiger partial charge in [0, 0.05) is 28.6 Å². The molecule has 1 aromatic heterocycles. The van der Waals surface area contributed by atoms with Gasteiger partial charge in [0.1, 0.15) is 0 Å². The van der Waals surface area contributed by atoms with Crippen LogP contribution in [0.15, 0.2) is 30.5 Å². The maximum atomic E-state index is 6.15. The first-order valence-corrected chi connectivity index (χ1v) is 5.35. The number of para-hydroxylation sites is 1. The van der Waals surface area contributed by atoms with E-state index >= 15 is 0 Å². The van der Waals surface area contributed by atoms with Gasteiger partial charge in [-0.3, -0.25) is 0 Å². The number of hydrogen-bond donors (Lipinski definition) is 2. The smallest absolute Gasteiger partial charge is 0.0456 e. The molecule has 0 radical (unpaired) electrons. The van der Waals surface area contributed by atoms with Gasteiger partial charge in [0.15, 0.2) is 0 Å². The molecule has 0 saturated carbocycles. The molecule has 1 aromatic carbocycles. The van der Waals surface area contributed by atoms with Crippen LogP contribution in [0.4, 0.5) is 0 Å². The highest BCUT2D eigenvalue weighted by Crippen LogP contribution is 2.31. The molecule has 2 heteroatoms. The van der Waals surface area contributed by atoms with E-state index in [9.17, 15) is 0 Å². The first-order valence-electron chi connectivity index (χ1n) is 5.35. The van der Waals surface area contributed by atoms with Crippen molar-refractivity contribution in [2.24, 2.45) is 5.73 Å². The van der Waals surface area contributed by atoms with Gasteiger partial charge in [-0.25, -0.2) is 0 Å². The molecule has 0 amide bonds. The third-order valence-electron chi connectivity index (χ3n) is 3.20. The zero-order valence-electron chi connectivity index (χ0n) is 9.54. The number of benzene rings is 1. The van der Waals surface area contributed by atoms with Crippen molar-refractivity contribution in [3.05, 3.63) is 36.0 Å². The van der Waals surface area contributed by atoms with Crippen molar-refractivity contribution in [2.75, 3.05) is 0 Å². The van der Waals surface area contributed by atoms with E-state index in [0.29, 0.717) is 5.92 Å². The Morgan fingerprint density at radius 1 is 1.27 bits per heavy atom. The number of rotatable bonds is 2. The molecule has 1 atom stereocenters. The lowest BCUT2D eigenvalue weighted by Crippen LogP contribution is -2.37. The lowest BCUT2D eigenvalue weighted by molar-refractivity contribution is 0.437. The lowest BCUT2D eigenvalue weighted by atomic mass is 9.84. The lowest BCUT2D eigenvalue weighted by Gasteiger charge is -2.26. The second kappa shape index (κ2) is 3.38. The van der Waals surface area contributed by atoms with E-state index in [2.05, 4.69) is 50.2 Å². The van der Waals surface area contributed by atoms with E-state index in [0.717, 1.165) is 0 Å². The third-order valence-corrected chi connectivity index (χ3v) is 3.20. The van der Waals surface area contributed by atoms with Gasteiger partial charge in [-0.15, -0.1) is 0 Å². The summed E-state index contributed by atoms with van der Waals surface area (Å²) in [5.41, 5.74) is 8.45. The minimum absolute atomic E-state index is 0.190. The minimum atomic E-state index is -0.190. The first-order chi connectivity index (χ1) is 7.00. The number of nitrogens with two attached hydrogens (primary N) is 1. The normalized spacial score (nSPS) is 14.4. The molecule has 2 rings (SSSR count). The Morgan fingerprint density at radius 2 is 1.93 bits per heavy atom. The van der Waals surface area contributed by atoms with E-state index < -0.39 is 0 Å². The topological polar surface area (TPSA) is 41.8 Å². The van der Waals surface area contributed by atoms with Crippen LogP contribution < -0.4 is 5.73 Å². The molecule has 0 saturated heterocycles. The number of fused-ring (bicyclic) bond motifs is 1. The summed E-state index contributed by atoms with van der Waals surface area (Å²) < 4.78 is 0. The molecule has 0 aliphatic heterocycles. The van der Waals surface area contributed by atoms with Gasteiger partial charge in [0.25, 0.3) is 0 Å². The first kappa shape index (κ1) is 10.2. The molecule has 0 aliphatic rings.